The number of para-hydroxylation sites is 1. The second kappa shape index (κ2) is 9.24. The Labute approximate surface area is 167 Å². The molecule has 0 aromatic heterocycles. The monoisotopic (exact) mass is 414 g/mol. The third kappa shape index (κ3) is 5.61. The molecule has 138 valence electrons. The Morgan fingerprint density at radius 3 is 2.31 bits per heavy atom. The van der Waals surface area contributed by atoms with E-state index >= 15 is 0 Å². The van der Waals surface area contributed by atoms with E-state index in [0.717, 1.165) is 4.90 Å². The summed E-state index contributed by atoms with van der Waals surface area (Å²) in [6.45, 7) is 1.84. The molecule has 5 nitrogen and oxygen atoms in total. The molecule has 0 fully saturated rings. The maximum Gasteiger partial charge on any atom is 0.282 e. The van der Waals surface area contributed by atoms with Crippen LogP contribution in [0.1, 0.15) is 6.92 Å². The molecule has 8 heteroatoms. The number of anilines is 2. The van der Waals surface area contributed by atoms with E-state index < -0.39 is 6.04 Å². The maximum absolute atomic E-state index is 12.4. The minimum atomic E-state index is -0.473. The minimum absolute atomic E-state index is 0.105. The van der Waals surface area contributed by atoms with E-state index in [1.54, 1.807) is 56.4 Å². The van der Waals surface area contributed by atoms with E-state index in [9.17, 15) is 9.59 Å². The molecule has 0 radical (unpaired) electrons. The number of hydrogen-bond acceptors (Lipinski definition) is 2. The van der Waals surface area contributed by atoms with Crippen LogP contribution in [0.4, 0.5) is 11.4 Å². The Morgan fingerprint density at radius 2 is 1.65 bits per heavy atom. The standard InChI is InChI=1S/C18H18Cl3N3O2/c1-11(18(26)23-16-8-7-12(19)9-14(16)21)24(2)10-17(25)22-15-6-4-3-5-13(15)20/h3-9,11H,10H2,1-2H3,(H,22,25)(H,23,26)/p+1/t11-/m0/s1. The highest BCUT2D eigenvalue weighted by Gasteiger charge is 2.24. The second-order valence-electron chi connectivity index (χ2n) is 5.89. The fourth-order valence-corrected chi connectivity index (χ4v) is 2.86. The van der Waals surface area contributed by atoms with E-state index in [-0.39, 0.29) is 18.4 Å². The van der Waals surface area contributed by atoms with Crippen molar-refractivity contribution in [2.75, 3.05) is 24.2 Å². The average Bonchev–Trinajstić information content (AvgIpc) is 2.58. The summed E-state index contributed by atoms with van der Waals surface area (Å²) >= 11 is 17.9. The molecule has 2 aromatic rings. The second-order valence-corrected chi connectivity index (χ2v) is 7.14. The van der Waals surface area contributed by atoms with Crippen LogP contribution >= 0.6 is 34.8 Å². The molecular formula is C18H19Cl3N3O2+. The molecule has 2 rings (SSSR count). The summed E-state index contributed by atoms with van der Waals surface area (Å²) in [5, 5.41) is 6.79. The Bertz CT molecular complexity index is 814. The topological polar surface area (TPSA) is 62.6 Å². The number of likely N-dealkylation sites (N-methyl/N-ethyl adjacent to an activating group) is 1. The lowest BCUT2D eigenvalue weighted by Crippen LogP contribution is -3.14. The zero-order valence-electron chi connectivity index (χ0n) is 14.3. The van der Waals surface area contributed by atoms with Crippen molar-refractivity contribution in [3.05, 3.63) is 57.5 Å². The highest BCUT2D eigenvalue weighted by Crippen LogP contribution is 2.25. The van der Waals surface area contributed by atoms with Crippen LogP contribution in [0.2, 0.25) is 15.1 Å². The third-order valence-corrected chi connectivity index (χ3v) is 4.79. The first kappa shape index (κ1) is 20.5. The van der Waals surface area contributed by atoms with Gasteiger partial charge >= 0.3 is 0 Å². The molecule has 0 aliphatic rings. The van der Waals surface area contributed by atoms with Crippen LogP contribution in [0.25, 0.3) is 0 Å². The summed E-state index contributed by atoms with van der Waals surface area (Å²) in [6.07, 6.45) is 0. The number of benzene rings is 2. The molecule has 0 saturated carbocycles. The fraction of sp³-hybridized carbons (Fsp3) is 0.222. The molecule has 3 N–H and O–H groups in total. The molecule has 0 aliphatic heterocycles. The van der Waals surface area contributed by atoms with Gasteiger partial charge in [-0.15, -0.1) is 0 Å². The van der Waals surface area contributed by atoms with E-state index in [0.29, 0.717) is 26.4 Å². The number of nitrogens with one attached hydrogen (secondary N) is 3. The van der Waals surface area contributed by atoms with Crippen molar-refractivity contribution in [2.45, 2.75) is 13.0 Å². The first-order chi connectivity index (χ1) is 12.3. The number of rotatable bonds is 6. The lowest BCUT2D eigenvalue weighted by atomic mass is 10.2. The number of amides is 2. The molecular weight excluding hydrogens is 397 g/mol. The number of halogens is 3. The predicted octanol–water partition coefficient (Wildman–Crippen LogP) is 3.13. The molecule has 0 heterocycles. The van der Waals surface area contributed by atoms with E-state index in [1.807, 2.05) is 0 Å². The van der Waals surface area contributed by atoms with Crippen molar-refractivity contribution in [3.63, 3.8) is 0 Å². The van der Waals surface area contributed by atoms with E-state index in [4.69, 9.17) is 34.8 Å². The summed E-state index contributed by atoms with van der Waals surface area (Å²) in [7, 11) is 1.76. The van der Waals surface area contributed by atoms with Gasteiger partial charge in [-0.05, 0) is 37.3 Å². The molecule has 2 atom stereocenters. The first-order valence-electron chi connectivity index (χ1n) is 7.90. The summed E-state index contributed by atoms with van der Waals surface area (Å²) < 4.78 is 0. The molecule has 0 saturated heterocycles. The molecule has 26 heavy (non-hydrogen) atoms. The highest BCUT2D eigenvalue weighted by atomic mass is 35.5. The van der Waals surface area contributed by atoms with Crippen LogP contribution in [0, 0.1) is 0 Å². The molecule has 0 aliphatic carbocycles. The Balaban J connectivity index is 1.93. The molecule has 2 amide bonds. The quantitative estimate of drug-likeness (QED) is 0.679. The van der Waals surface area contributed by atoms with Gasteiger partial charge in [-0.3, -0.25) is 9.59 Å². The van der Waals surface area contributed by atoms with Crippen LogP contribution in [0.3, 0.4) is 0 Å². The number of carbonyl (C=O) groups excluding carboxylic acids is 2. The van der Waals surface area contributed by atoms with Crippen LogP contribution in [0.5, 0.6) is 0 Å². The zero-order valence-corrected chi connectivity index (χ0v) is 16.5. The van der Waals surface area contributed by atoms with Crippen molar-refractivity contribution in [2.24, 2.45) is 0 Å². The largest absolute Gasteiger partial charge is 0.320 e. The Kier molecular flexibility index (Phi) is 7.29. The number of hydrogen-bond donors (Lipinski definition) is 3. The summed E-state index contributed by atoms with van der Waals surface area (Å²) in [5.41, 5.74) is 1.01. The van der Waals surface area contributed by atoms with Crippen LogP contribution in [0.15, 0.2) is 42.5 Å². The first-order valence-corrected chi connectivity index (χ1v) is 9.04. The fourth-order valence-electron chi connectivity index (χ4n) is 2.22. The zero-order chi connectivity index (χ0) is 19.3. The molecule has 2 aromatic carbocycles. The normalized spacial score (nSPS) is 13.0. The third-order valence-electron chi connectivity index (χ3n) is 3.91. The van der Waals surface area contributed by atoms with Crippen molar-refractivity contribution in [1.82, 2.24) is 0 Å². The van der Waals surface area contributed by atoms with Crippen molar-refractivity contribution in [3.8, 4) is 0 Å². The van der Waals surface area contributed by atoms with Gasteiger partial charge in [0.05, 0.1) is 28.5 Å². The maximum atomic E-state index is 12.4. The number of carbonyl (C=O) groups is 2. The predicted molar refractivity (Wildman–Crippen MR) is 106 cm³/mol. The van der Waals surface area contributed by atoms with Gasteiger partial charge in [0.25, 0.3) is 11.8 Å². The lowest BCUT2D eigenvalue weighted by molar-refractivity contribution is -0.885. The Morgan fingerprint density at radius 1 is 1.00 bits per heavy atom. The highest BCUT2D eigenvalue weighted by molar-refractivity contribution is 6.36. The smallest absolute Gasteiger partial charge is 0.282 e. The van der Waals surface area contributed by atoms with Gasteiger partial charge in [-0.25, -0.2) is 0 Å². The van der Waals surface area contributed by atoms with Crippen LogP contribution < -0.4 is 15.5 Å². The SMILES string of the molecule is C[C@@H](C(=O)Nc1ccc(Cl)cc1Cl)[NH+](C)CC(=O)Nc1ccccc1Cl. The molecule has 0 bridgehead atoms. The van der Waals surface area contributed by atoms with Crippen molar-refractivity contribution >= 4 is 58.0 Å². The molecule has 1 unspecified atom stereocenters. The van der Waals surface area contributed by atoms with Gasteiger partial charge in [-0.1, -0.05) is 46.9 Å². The van der Waals surface area contributed by atoms with Gasteiger partial charge in [0.15, 0.2) is 12.6 Å². The van der Waals surface area contributed by atoms with Gasteiger partial charge < -0.3 is 15.5 Å². The van der Waals surface area contributed by atoms with Gasteiger partial charge in [-0.2, -0.15) is 0 Å². The van der Waals surface area contributed by atoms with Gasteiger partial charge in [0.1, 0.15) is 0 Å². The number of quaternary nitrogens is 1. The average molecular weight is 416 g/mol. The van der Waals surface area contributed by atoms with Crippen LogP contribution in [-0.4, -0.2) is 31.4 Å². The molecule has 0 spiro atoms. The van der Waals surface area contributed by atoms with E-state index in [2.05, 4.69) is 10.6 Å². The Hall–Kier alpha value is -1.79. The van der Waals surface area contributed by atoms with Crippen molar-refractivity contribution in [1.29, 1.82) is 0 Å². The lowest BCUT2D eigenvalue weighted by Gasteiger charge is -2.21. The summed E-state index contributed by atoms with van der Waals surface area (Å²) in [4.78, 5) is 25.3. The van der Waals surface area contributed by atoms with E-state index in [1.165, 1.54) is 0 Å². The summed E-state index contributed by atoms with van der Waals surface area (Å²) in [5.74, 6) is -0.489. The van der Waals surface area contributed by atoms with Crippen molar-refractivity contribution < 1.29 is 14.5 Å². The van der Waals surface area contributed by atoms with Crippen LogP contribution in [-0.2, 0) is 9.59 Å². The van der Waals surface area contributed by atoms with Gasteiger partial charge in [0, 0.05) is 5.02 Å². The summed E-state index contributed by atoms with van der Waals surface area (Å²) in [6, 6.07) is 11.3. The minimum Gasteiger partial charge on any atom is -0.320 e. The van der Waals surface area contributed by atoms with Gasteiger partial charge in [0.2, 0.25) is 0 Å².